The van der Waals surface area contributed by atoms with Gasteiger partial charge in [-0.25, -0.2) is 9.18 Å². The van der Waals surface area contributed by atoms with Crippen molar-refractivity contribution in [2.24, 2.45) is 0 Å². The van der Waals surface area contributed by atoms with Crippen molar-refractivity contribution >= 4 is 11.9 Å². The molecule has 0 atom stereocenters. The van der Waals surface area contributed by atoms with Crippen molar-refractivity contribution < 1.29 is 28.2 Å². The van der Waals surface area contributed by atoms with Crippen LogP contribution in [0.15, 0.2) is 23.8 Å². The van der Waals surface area contributed by atoms with E-state index in [0.29, 0.717) is 29.1 Å². The Morgan fingerprint density at radius 3 is 2.28 bits per heavy atom. The van der Waals surface area contributed by atoms with Gasteiger partial charge in [-0.05, 0) is 44.5 Å². The van der Waals surface area contributed by atoms with Crippen LogP contribution < -0.4 is 9.47 Å². The van der Waals surface area contributed by atoms with Gasteiger partial charge in [-0.2, -0.15) is 0 Å². The third-order valence-electron chi connectivity index (χ3n) is 5.21. The number of amides is 1. The molecule has 6 nitrogen and oxygen atoms in total. The van der Waals surface area contributed by atoms with Crippen LogP contribution in [-0.4, -0.2) is 55.4 Å². The van der Waals surface area contributed by atoms with Gasteiger partial charge in [0, 0.05) is 43.5 Å². The Bertz CT molecular complexity index is 847. The summed E-state index contributed by atoms with van der Waals surface area (Å²) >= 11 is 0. The molecule has 0 radical (unpaired) electrons. The number of carbonyl (C=O) groups excluding carboxylic acids is 2. The molecule has 1 fully saturated rings. The summed E-state index contributed by atoms with van der Waals surface area (Å²) in [6.07, 6.45) is 1.63. The molecule has 0 spiro atoms. The third kappa shape index (κ3) is 4.54. The monoisotopic (exact) mass is 405 g/mol. The number of fused-ring (bicyclic) bond motifs is 1. The highest BCUT2D eigenvalue weighted by Gasteiger charge is 2.38. The number of benzene rings is 1. The lowest BCUT2D eigenvalue weighted by Crippen LogP contribution is -2.45. The quantitative estimate of drug-likeness (QED) is 0.708. The van der Waals surface area contributed by atoms with E-state index in [1.807, 2.05) is 0 Å². The van der Waals surface area contributed by atoms with Crippen molar-refractivity contribution in [3.8, 4) is 11.5 Å². The molecule has 1 aromatic rings. The lowest BCUT2D eigenvalue weighted by molar-refractivity contribution is 0.0106. The number of Topliss-reactive ketones (excluding diaryl/α,β-unsaturated/α-hetero) is 1. The highest BCUT2D eigenvalue weighted by Crippen LogP contribution is 2.38. The van der Waals surface area contributed by atoms with E-state index in [0.717, 1.165) is 5.56 Å². The number of hydrogen-bond acceptors (Lipinski definition) is 5. The number of ether oxygens (including phenoxy) is 3. The van der Waals surface area contributed by atoms with Gasteiger partial charge in [-0.15, -0.1) is 0 Å². The van der Waals surface area contributed by atoms with Crippen molar-refractivity contribution in [2.45, 2.75) is 51.3 Å². The zero-order chi connectivity index (χ0) is 21.4. The molecule has 0 saturated carbocycles. The zero-order valence-corrected chi connectivity index (χ0v) is 17.6. The summed E-state index contributed by atoms with van der Waals surface area (Å²) in [6.45, 7) is 5.89. The Balaban J connectivity index is 1.72. The molecule has 1 saturated heterocycles. The lowest BCUT2D eigenvalue weighted by atomic mass is 9.90. The van der Waals surface area contributed by atoms with Gasteiger partial charge in [0.2, 0.25) is 0 Å². The minimum Gasteiger partial charge on any atom is -0.493 e. The number of alkyl halides is 1. The van der Waals surface area contributed by atoms with E-state index in [4.69, 9.17) is 14.2 Å². The largest absolute Gasteiger partial charge is 0.493 e. The van der Waals surface area contributed by atoms with Gasteiger partial charge in [0.05, 0.1) is 14.2 Å². The molecule has 2 aliphatic rings. The number of methoxy groups -OCH3 is 2. The summed E-state index contributed by atoms with van der Waals surface area (Å²) in [7, 11) is 3.04. The van der Waals surface area contributed by atoms with Gasteiger partial charge in [-0.1, -0.05) is 0 Å². The number of piperidine rings is 1. The number of hydrogen-bond donors (Lipinski definition) is 0. The second-order valence-corrected chi connectivity index (χ2v) is 8.54. The highest BCUT2D eigenvalue weighted by atomic mass is 19.1. The number of carbonyl (C=O) groups is 2. The van der Waals surface area contributed by atoms with Crippen LogP contribution in [0.4, 0.5) is 9.18 Å². The fourth-order valence-electron chi connectivity index (χ4n) is 3.70. The van der Waals surface area contributed by atoms with E-state index >= 15 is 4.39 Å². The van der Waals surface area contributed by atoms with Crippen molar-refractivity contribution in [1.82, 2.24) is 4.90 Å². The minimum atomic E-state index is -1.63. The summed E-state index contributed by atoms with van der Waals surface area (Å²) in [5, 5.41) is 0. The van der Waals surface area contributed by atoms with E-state index < -0.39 is 17.4 Å². The average Bonchev–Trinajstić information content (AvgIpc) is 2.94. The molecular formula is C22H28FNO5. The number of likely N-dealkylation sites (tertiary alicyclic amines) is 1. The third-order valence-corrected chi connectivity index (χ3v) is 5.21. The molecule has 0 aromatic heterocycles. The molecule has 7 heteroatoms. The van der Waals surface area contributed by atoms with Crippen LogP contribution in [0.1, 0.15) is 49.5 Å². The predicted molar refractivity (Wildman–Crippen MR) is 107 cm³/mol. The Kier molecular flexibility index (Phi) is 5.61. The van der Waals surface area contributed by atoms with Gasteiger partial charge in [-0.3, -0.25) is 4.79 Å². The molecule has 1 amide bonds. The first-order valence-electron chi connectivity index (χ1n) is 9.73. The number of allylic oxidation sites excluding steroid dienone is 2. The van der Waals surface area contributed by atoms with Gasteiger partial charge in [0.1, 0.15) is 11.3 Å². The Morgan fingerprint density at radius 1 is 1.14 bits per heavy atom. The highest BCUT2D eigenvalue weighted by molar-refractivity contribution is 6.13. The number of nitrogens with zero attached hydrogens (tertiary/aromatic N) is 1. The van der Waals surface area contributed by atoms with Gasteiger partial charge < -0.3 is 19.1 Å². The molecule has 1 aliphatic carbocycles. The Hall–Kier alpha value is -2.57. The van der Waals surface area contributed by atoms with Crippen LogP contribution in [0.5, 0.6) is 11.5 Å². The standard InChI is InChI=1S/C22H28FNO5/c1-21(2,3)29-20(26)24-8-6-22(23,7-9-24)13-15-10-14-11-17(27-4)18(28-5)12-16(14)19(15)25/h11-13H,6-10H2,1-5H3/b15-13-. The van der Waals surface area contributed by atoms with E-state index in [1.165, 1.54) is 25.2 Å². The number of rotatable bonds is 3. The molecule has 0 N–H and O–H groups in total. The predicted octanol–water partition coefficient (Wildman–Crippen LogP) is 4.11. The fraction of sp³-hybridized carbons (Fsp3) is 0.545. The van der Waals surface area contributed by atoms with Crippen LogP contribution in [-0.2, 0) is 11.2 Å². The van der Waals surface area contributed by atoms with E-state index in [-0.39, 0.29) is 31.7 Å². The second-order valence-electron chi connectivity index (χ2n) is 8.54. The van der Waals surface area contributed by atoms with Crippen molar-refractivity contribution in [3.63, 3.8) is 0 Å². The smallest absolute Gasteiger partial charge is 0.410 e. The molecular weight excluding hydrogens is 377 g/mol. The Labute approximate surface area is 170 Å². The van der Waals surface area contributed by atoms with Crippen molar-refractivity contribution in [2.75, 3.05) is 27.3 Å². The van der Waals surface area contributed by atoms with Gasteiger partial charge >= 0.3 is 6.09 Å². The maximum absolute atomic E-state index is 15.4. The summed E-state index contributed by atoms with van der Waals surface area (Å²) in [5.41, 5.74) is -0.464. The van der Waals surface area contributed by atoms with Crippen LogP contribution in [0.25, 0.3) is 0 Å². The normalized spacial score (nSPS) is 19.9. The molecule has 0 bridgehead atoms. The second kappa shape index (κ2) is 7.69. The molecule has 1 aliphatic heterocycles. The van der Waals surface area contributed by atoms with E-state index in [9.17, 15) is 9.59 Å². The summed E-state index contributed by atoms with van der Waals surface area (Å²) in [5.74, 6) is 0.829. The minimum absolute atomic E-state index is 0.131. The topological polar surface area (TPSA) is 65.1 Å². The summed E-state index contributed by atoms with van der Waals surface area (Å²) in [4.78, 5) is 26.5. The SMILES string of the molecule is COc1cc2c(cc1OC)C(=O)/C(=C\C1(F)CCN(C(=O)OC(C)(C)C)CC1)C2. The summed E-state index contributed by atoms with van der Waals surface area (Å²) < 4.78 is 31.3. The zero-order valence-electron chi connectivity index (χ0n) is 17.6. The first kappa shape index (κ1) is 21.1. The Morgan fingerprint density at radius 2 is 1.72 bits per heavy atom. The average molecular weight is 405 g/mol. The maximum atomic E-state index is 15.4. The van der Waals surface area contributed by atoms with Gasteiger partial charge in [0.25, 0.3) is 0 Å². The first-order chi connectivity index (χ1) is 13.5. The van der Waals surface area contributed by atoms with E-state index in [2.05, 4.69) is 0 Å². The number of ketones is 1. The van der Waals surface area contributed by atoms with Crippen LogP contribution in [0.3, 0.4) is 0 Å². The maximum Gasteiger partial charge on any atom is 0.410 e. The summed E-state index contributed by atoms with van der Waals surface area (Å²) in [6, 6.07) is 3.41. The van der Waals surface area contributed by atoms with Crippen LogP contribution in [0.2, 0.25) is 0 Å². The molecule has 1 heterocycles. The first-order valence-corrected chi connectivity index (χ1v) is 9.73. The molecule has 1 aromatic carbocycles. The fourth-order valence-corrected chi connectivity index (χ4v) is 3.70. The lowest BCUT2D eigenvalue weighted by Gasteiger charge is -2.35. The van der Waals surface area contributed by atoms with Crippen LogP contribution in [0, 0.1) is 0 Å². The molecule has 0 unspecified atom stereocenters. The van der Waals surface area contributed by atoms with E-state index in [1.54, 1.807) is 32.9 Å². The van der Waals surface area contributed by atoms with Crippen molar-refractivity contribution in [1.29, 1.82) is 0 Å². The molecule has 29 heavy (non-hydrogen) atoms. The molecule has 3 rings (SSSR count). The van der Waals surface area contributed by atoms with Gasteiger partial charge in [0.15, 0.2) is 17.3 Å². The van der Waals surface area contributed by atoms with Crippen LogP contribution >= 0.6 is 0 Å². The number of halogens is 1. The molecule has 158 valence electrons. The van der Waals surface area contributed by atoms with Crippen molar-refractivity contribution in [3.05, 3.63) is 34.9 Å².